The molecule has 0 spiro atoms. The third-order valence-electron chi connectivity index (χ3n) is 4.64. The van der Waals surface area contributed by atoms with Crippen LogP contribution >= 0.6 is 0 Å². The number of nitro benzene ring substituents is 1. The van der Waals surface area contributed by atoms with Crippen molar-refractivity contribution in [3.8, 4) is 0 Å². The molecular formula is C21H14N2O4. The fraction of sp³-hybridized carbons (Fsp3) is 0.0476. The minimum atomic E-state index is -0.452. The summed E-state index contributed by atoms with van der Waals surface area (Å²) in [6, 6.07) is 16.5. The Kier molecular flexibility index (Phi) is 3.81. The molecule has 1 aliphatic carbocycles. The van der Waals surface area contributed by atoms with Crippen molar-refractivity contribution in [3.05, 3.63) is 98.6 Å². The van der Waals surface area contributed by atoms with Crippen molar-refractivity contribution in [1.82, 2.24) is 0 Å². The first kappa shape index (κ1) is 16.7. The predicted molar refractivity (Wildman–Crippen MR) is 101 cm³/mol. The van der Waals surface area contributed by atoms with Gasteiger partial charge in [0, 0.05) is 34.0 Å². The van der Waals surface area contributed by atoms with Crippen LogP contribution in [0.25, 0.3) is 0 Å². The van der Waals surface area contributed by atoms with Crippen LogP contribution in [-0.2, 0) is 0 Å². The van der Waals surface area contributed by atoms with Gasteiger partial charge in [-0.1, -0.05) is 42.5 Å². The molecule has 4 rings (SSSR count). The number of hydrogen-bond acceptors (Lipinski definition) is 5. The Morgan fingerprint density at radius 2 is 1.52 bits per heavy atom. The topological polar surface area (TPSA) is 89.3 Å². The van der Waals surface area contributed by atoms with Crippen LogP contribution in [-0.4, -0.2) is 16.5 Å². The van der Waals surface area contributed by atoms with Crippen LogP contribution in [0, 0.1) is 17.0 Å². The van der Waals surface area contributed by atoms with E-state index in [-0.39, 0.29) is 22.8 Å². The molecule has 27 heavy (non-hydrogen) atoms. The average molecular weight is 358 g/mol. The van der Waals surface area contributed by atoms with Gasteiger partial charge in [0.05, 0.1) is 16.2 Å². The normalized spacial score (nSPS) is 12.3. The lowest BCUT2D eigenvalue weighted by atomic mass is 9.83. The number of nitro groups is 1. The first-order valence-electron chi connectivity index (χ1n) is 8.31. The standard InChI is InChI=1S/C21H14N2O4/c1-12-9-10-13(11-18(12)23(26)27)22-17-8-4-7-16-19(17)21(25)15-6-3-2-5-14(15)20(16)24/h2-11,22H,1H3. The van der Waals surface area contributed by atoms with Crippen molar-refractivity contribution in [2.45, 2.75) is 6.92 Å². The molecule has 0 radical (unpaired) electrons. The second-order valence-corrected chi connectivity index (χ2v) is 6.32. The number of hydrogen-bond donors (Lipinski definition) is 1. The lowest BCUT2D eigenvalue weighted by Crippen LogP contribution is -2.22. The summed E-state index contributed by atoms with van der Waals surface area (Å²) in [6.07, 6.45) is 0. The highest BCUT2D eigenvalue weighted by molar-refractivity contribution is 6.30. The molecule has 0 heterocycles. The van der Waals surface area contributed by atoms with E-state index in [2.05, 4.69) is 5.32 Å². The van der Waals surface area contributed by atoms with Gasteiger partial charge in [0.2, 0.25) is 0 Å². The van der Waals surface area contributed by atoms with Crippen molar-refractivity contribution >= 4 is 28.6 Å². The number of carbonyl (C=O) groups excluding carboxylic acids is 2. The van der Waals surface area contributed by atoms with Crippen LogP contribution in [0.4, 0.5) is 17.1 Å². The summed E-state index contributed by atoms with van der Waals surface area (Å²) in [7, 11) is 0. The van der Waals surface area contributed by atoms with Crippen LogP contribution in [0.3, 0.4) is 0 Å². The SMILES string of the molecule is Cc1ccc(Nc2cccc3c2C(=O)c2ccccc2C3=O)cc1[N+](=O)[O-]. The van der Waals surface area contributed by atoms with Gasteiger partial charge in [-0.25, -0.2) is 0 Å². The molecular weight excluding hydrogens is 344 g/mol. The summed E-state index contributed by atoms with van der Waals surface area (Å²) < 4.78 is 0. The second kappa shape index (κ2) is 6.17. The highest BCUT2D eigenvalue weighted by atomic mass is 16.6. The highest BCUT2D eigenvalue weighted by Crippen LogP contribution is 2.34. The van der Waals surface area contributed by atoms with Crippen molar-refractivity contribution in [3.63, 3.8) is 0 Å². The van der Waals surface area contributed by atoms with E-state index in [0.29, 0.717) is 33.6 Å². The molecule has 0 atom stereocenters. The van der Waals surface area contributed by atoms with Crippen molar-refractivity contribution < 1.29 is 14.5 Å². The smallest absolute Gasteiger partial charge is 0.274 e. The number of carbonyl (C=O) groups is 2. The molecule has 0 bridgehead atoms. The molecule has 1 N–H and O–H groups in total. The fourth-order valence-electron chi connectivity index (χ4n) is 3.29. The maximum atomic E-state index is 13.0. The van der Waals surface area contributed by atoms with E-state index in [0.717, 1.165) is 0 Å². The van der Waals surface area contributed by atoms with Crippen LogP contribution in [0.1, 0.15) is 37.4 Å². The van der Waals surface area contributed by atoms with E-state index >= 15 is 0 Å². The van der Waals surface area contributed by atoms with Gasteiger partial charge in [-0.2, -0.15) is 0 Å². The Bertz CT molecular complexity index is 1130. The Balaban J connectivity index is 1.81. The van der Waals surface area contributed by atoms with E-state index in [4.69, 9.17) is 0 Å². The van der Waals surface area contributed by atoms with Gasteiger partial charge in [0.15, 0.2) is 11.6 Å². The quantitative estimate of drug-likeness (QED) is 0.432. The fourth-order valence-corrected chi connectivity index (χ4v) is 3.29. The number of nitrogens with one attached hydrogen (secondary N) is 1. The van der Waals surface area contributed by atoms with Gasteiger partial charge in [0.25, 0.3) is 5.69 Å². The summed E-state index contributed by atoms with van der Waals surface area (Å²) >= 11 is 0. The Morgan fingerprint density at radius 1 is 0.852 bits per heavy atom. The predicted octanol–water partition coefficient (Wildman–Crippen LogP) is 4.42. The highest BCUT2D eigenvalue weighted by Gasteiger charge is 2.31. The minimum absolute atomic E-state index is 0.0162. The number of aryl methyl sites for hydroxylation is 1. The number of anilines is 2. The van der Waals surface area contributed by atoms with E-state index < -0.39 is 4.92 Å². The van der Waals surface area contributed by atoms with Gasteiger partial charge in [0.1, 0.15) is 0 Å². The Labute approximate surface area is 154 Å². The molecule has 132 valence electrons. The number of ketones is 2. The lowest BCUT2D eigenvalue weighted by molar-refractivity contribution is -0.385. The summed E-state index contributed by atoms with van der Waals surface area (Å²) in [5.74, 6) is -0.455. The second-order valence-electron chi connectivity index (χ2n) is 6.32. The molecule has 0 aromatic heterocycles. The van der Waals surface area contributed by atoms with Crippen molar-refractivity contribution in [2.24, 2.45) is 0 Å². The lowest BCUT2D eigenvalue weighted by Gasteiger charge is -2.20. The monoisotopic (exact) mass is 358 g/mol. The Hall–Kier alpha value is -3.80. The van der Waals surface area contributed by atoms with E-state index in [9.17, 15) is 19.7 Å². The maximum absolute atomic E-state index is 13.0. The molecule has 6 nitrogen and oxygen atoms in total. The van der Waals surface area contributed by atoms with E-state index in [1.807, 2.05) is 0 Å². The van der Waals surface area contributed by atoms with Crippen LogP contribution in [0.2, 0.25) is 0 Å². The number of nitrogens with zero attached hydrogens (tertiary/aromatic N) is 1. The zero-order chi connectivity index (χ0) is 19.1. The van der Waals surface area contributed by atoms with Crippen LogP contribution in [0.5, 0.6) is 0 Å². The van der Waals surface area contributed by atoms with Gasteiger partial charge < -0.3 is 5.32 Å². The molecule has 0 amide bonds. The summed E-state index contributed by atoms with van der Waals surface area (Å²) in [4.78, 5) is 36.5. The molecule has 0 aliphatic heterocycles. The molecule has 3 aromatic rings. The van der Waals surface area contributed by atoms with Gasteiger partial charge >= 0.3 is 0 Å². The minimum Gasteiger partial charge on any atom is -0.355 e. The van der Waals surface area contributed by atoms with Gasteiger partial charge in [-0.15, -0.1) is 0 Å². The largest absolute Gasteiger partial charge is 0.355 e. The number of rotatable bonds is 3. The third-order valence-corrected chi connectivity index (χ3v) is 4.64. The zero-order valence-electron chi connectivity index (χ0n) is 14.4. The molecule has 6 heteroatoms. The molecule has 3 aromatic carbocycles. The number of fused-ring (bicyclic) bond motifs is 2. The average Bonchev–Trinajstić information content (AvgIpc) is 2.67. The van der Waals surface area contributed by atoms with Crippen molar-refractivity contribution in [1.29, 1.82) is 0 Å². The first-order chi connectivity index (χ1) is 13.0. The molecule has 0 fully saturated rings. The molecule has 0 saturated carbocycles. The third kappa shape index (κ3) is 2.67. The zero-order valence-corrected chi connectivity index (χ0v) is 14.4. The number of benzene rings is 3. The maximum Gasteiger partial charge on any atom is 0.274 e. The van der Waals surface area contributed by atoms with Crippen molar-refractivity contribution in [2.75, 3.05) is 5.32 Å². The van der Waals surface area contributed by atoms with Crippen LogP contribution in [0.15, 0.2) is 60.7 Å². The first-order valence-corrected chi connectivity index (χ1v) is 8.31. The van der Waals surface area contributed by atoms with Crippen LogP contribution < -0.4 is 5.32 Å². The molecule has 0 unspecified atom stereocenters. The van der Waals surface area contributed by atoms with Gasteiger partial charge in [-0.3, -0.25) is 19.7 Å². The summed E-state index contributed by atoms with van der Waals surface area (Å²) in [5.41, 5.74) is 2.80. The summed E-state index contributed by atoms with van der Waals surface area (Å²) in [6.45, 7) is 1.66. The summed E-state index contributed by atoms with van der Waals surface area (Å²) in [5, 5.41) is 14.2. The van der Waals surface area contributed by atoms with Gasteiger partial charge in [-0.05, 0) is 19.1 Å². The van der Waals surface area contributed by atoms with E-state index in [1.165, 1.54) is 6.07 Å². The molecule has 0 saturated heterocycles. The molecule has 1 aliphatic rings. The Morgan fingerprint density at radius 3 is 2.22 bits per heavy atom. The van der Waals surface area contributed by atoms with E-state index in [1.54, 1.807) is 61.5 Å².